The Morgan fingerprint density at radius 1 is 0.722 bits per heavy atom. The number of carbonyl (C=O) groups is 1. The van der Waals surface area contributed by atoms with Gasteiger partial charge in [0.2, 0.25) is 0 Å². The van der Waals surface area contributed by atoms with E-state index in [1.165, 1.54) is 109 Å². The quantitative estimate of drug-likeness (QED) is 0.122. The summed E-state index contributed by atoms with van der Waals surface area (Å²) < 4.78 is 11.4. The minimum atomic E-state index is -0.128. The van der Waals surface area contributed by atoms with Gasteiger partial charge < -0.3 is 19.3 Å². The van der Waals surface area contributed by atoms with Crippen LogP contribution in [0, 0.1) is 0 Å². The van der Waals surface area contributed by atoms with Crippen molar-refractivity contribution in [2.24, 2.45) is 0 Å². The number of hydrogen-bond acceptors (Lipinski definition) is 4. The molecule has 36 heavy (non-hydrogen) atoms. The van der Waals surface area contributed by atoms with E-state index in [4.69, 9.17) is 9.47 Å². The van der Waals surface area contributed by atoms with Crippen LogP contribution in [0.25, 0.3) is 0 Å². The first-order chi connectivity index (χ1) is 17.6. The number of unbranched alkanes of at least 4 members (excludes halogenated alkanes) is 15. The van der Waals surface area contributed by atoms with Gasteiger partial charge in [-0.15, -0.1) is 0 Å². The standard InChI is InChI=1S/C31H62N2O3/c1-4-5-6-7-8-9-10-11-12-13-14-15-16-17-18-21-27-35-29-24-30-23-19-20-26-33(30)31(34)36-28-22-25-32(2)3/h30H,4-29H2,1-3H3. The Kier molecular flexibility index (Phi) is 22.6. The molecular formula is C31H62N2O3. The summed E-state index contributed by atoms with van der Waals surface area (Å²) in [6.07, 6.45) is 27.4. The minimum Gasteiger partial charge on any atom is -0.449 e. The molecule has 1 saturated heterocycles. The fourth-order valence-electron chi connectivity index (χ4n) is 5.24. The van der Waals surface area contributed by atoms with E-state index in [1.807, 2.05) is 19.0 Å². The van der Waals surface area contributed by atoms with Gasteiger partial charge in [-0.3, -0.25) is 0 Å². The maximum atomic E-state index is 12.5. The average molecular weight is 511 g/mol. The zero-order valence-electron chi connectivity index (χ0n) is 24.6. The summed E-state index contributed by atoms with van der Waals surface area (Å²) in [5.41, 5.74) is 0. The maximum Gasteiger partial charge on any atom is 0.410 e. The summed E-state index contributed by atoms with van der Waals surface area (Å²) in [5, 5.41) is 0. The summed E-state index contributed by atoms with van der Waals surface area (Å²) >= 11 is 0. The molecule has 214 valence electrons. The molecule has 1 aliphatic heterocycles. The third-order valence-electron chi connectivity index (χ3n) is 7.57. The van der Waals surface area contributed by atoms with Crippen LogP contribution in [0.15, 0.2) is 0 Å². The molecule has 0 aromatic heterocycles. The molecule has 0 saturated carbocycles. The maximum absolute atomic E-state index is 12.5. The molecule has 0 aromatic rings. The highest BCUT2D eigenvalue weighted by Crippen LogP contribution is 2.21. The monoisotopic (exact) mass is 510 g/mol. The summed E-state index contributed by atoms with van der Waals surface area (Å²) in [6, 6.07) is 0.283. The van der Waals surface area contributed by atoms with Crippen LogP contribution < -0.4 is 0 Å². The van der Waals surface area contributed by atoms with Gasteiger partial charge in [0.25, 0.3) is 0 Å². The molecular weight excluding hydrogens is 448 g/mol. The number of ether oxygens (including phenoxy) is 2. The number of hydrogen-bond donors (Lipinski definition) is 0. The van der Waals surface area contributed by atoms with E-state index in [0.29, 0.717) is 6.61 Å². The summed E-state index contributed by atoms with van der Waals surface area (Å²) in [7, 11) is 4.09. The molecule has 1 fully saturated rings. The Hall–Kier alpha value is -0.810. The molecule has 0 N–H and O–H groups in total. The van der Waals surface area contributed by atoms with Crippen molar-refractivity contribution < 1.29 is 14.3 Å². The lowest BCUT2D eigenvalue weighted by atomic mass is 10.0. The molecule has 5 nitrogen and oxygen atoms in total. The van der Waals surface area contributed by atoms with Crippen molar-refractivity contribution in [2.45, 2.75) is 148 Å². The molecule has 0 bridgehead atoms. The first kappa shape index (κ1) is 33.2. The Bertz CT molecular complexity index is 486. The first-order valence-corrected chi connectivity index (χ1v) is 15.8. The number of piperidine rings is 1. The third kappa shape index (κ3) is 19.3. The Morgan fingerprint density at radius 2 is 1.28 bits per heavy atom. The average Bonchev–Trinajstić information content (AvgIpc) is 2.88. The molecule has 0 aromatic carbocycles. The Morgan fingerprint density at radius 3 is 1.83 bits per heavy atom. The van der Waals surface area contributed by atoms with Crippen molar-refractivity contribution >= 4 is 6.09 Å². The van der Waals surface area contributed by atoms with Crippen LogP contribution in [0.2, 0.25) is 0 Å². The zero-order valence-corrected chi connectivity index (χ0v) is 24.6. The molecule has 1 heterocycles. The molecule has 1 aliphatic rings. The molecule has 1 atom stereocenters. The fraction of sp³-hybridized carbons (Fsp3) is 0.968. The number of carbonyl (C=O) groups excluding carboxylic acids is 1. The smallest absolute Gasteiger partial charge is 0.410 e. The molecule has 5 heteroatoms. The van der Waals surface area contributed by atoms with E-state index >= 15 is 0 Å². The van der Waals surface area contributed by atoms with Gasteiger partial charge in [-0.1, -0.05) is 103 Å². The number of nitrogens with zero attached hydrogens (tertiary/aromatic N) is 2. The van der Waals surface area contributed by atoms with E-state index < -0.39 is 0 Å². The Labute approximate surface area is 225 Å². The van der Waals surface area contributed by atoms with Gasteiger partial charge in [-0.2, -0.15) is 0 Å². The van der Waals surface area contributed by atoms with Crippen LogP contribution >= 0.6 is 0 Å². The van der Waals surface area contributed by atoms with Crippen LogP contribution in [-0.4, -0.2) is 68.9 Å². The topological polar surface area (TPSA) is 42.0 Å². The predicted octanol–water partition coefficient (Wildman–Crippen LogP) is 8.60. The lowest BCUT2D eigenvalue weighted by molar-refractivity contribution is 0.0531. The lowest BCUT2D eigenvalue weighted by Gasteiger charge is -2.35. The van der Waals surface area contributed by atoms with Crippen LogP contribution in [0.1, 0.15) is 142 Å². The largest absolute Gasteiger partial charge is 0.449 e. The zero-order chi connectivity index (χ0) is 26.1. The van der Waals surface area contributed by atoms with Crippen molar-refractivity contribution in [3.05, 3.63) is 0 Å². The van der Waals surface area contributed by atoms with E-state index in [9.17, 15) is 4.79 Å². The molecule has 0 spiro atoms. The van der Waals surface area contributed by atoms with Gasteiger partial charge in [0.15, 0.2) is 0 Å². The summed E-state index contributed by atoms with van der Waals surface area (Å²) in [4.78, 5) is 16.6. The SMILES string of the molecule is CCCCCCCCCCCCCCCCCCOCCC1CCCCN1C(=O)OCCCN(C)C. The van der Waals surface area contributed by atoms with E-state index in [-0.39, 0.29) is 12.1 Å². The fourth-order valence-corrected chi connectivity index (χ4v) is 5.24. The van der Waals surface area contributed by atoms with Gasteiger partial charge in [-0.25, -0.2) is 4.79 Å². The van der Waals surface area contributed by atoms with Crippen molar-refractivity contribution in [3.8, 4) is 0 Å². The van der Waals surface area contributed by atoms with Crippen LogP contribution in [0.5, 0.6) is 0 Å². The molecule has 1 amide bonds. The molecule has 0 aliphatic carbocycles. The van der Waals surface area contributed by atoms with Gasteiger partial charge in [0, 0.05) is 32.3 Å². The van der Waals surface area contributed by atoms with E-state index in [2.05, 4.69) is 11.8 Å². The minimum absolute atomic E-state index is 0.128. The normalized spacial score (nSPS) is 16.1. The van der Waals surface area contributed by atoms with Crippen LogP contribution in [-0.2, 0) is 9.47 Å². The van der Waals surface area contributed by atoms with E-state index in [0.717, 1.165) is 52.0 Å². The second kappa shape index (κ2) is 24.5. The summed E-state index contributed by atoms with van der Waals surface area (Å²) in [5.74, 6) is 0. The second-order valence-electron chi connectivity index (χ2n) is 11.3. The molecule has 1 rings (SSSR count). The molecule has 1 unspecified atom stereocenters. The van der Waals surface area contributed by atoms with Crippen LogP contribution in [0.4, 0.5) is 4.79 Å². The third-order valence-corrected chi connectivity index (χ3v) is 7.57. The van der Waals surface area contributed by atoms with Crippen molar-refractivity contribution in [1.29, 1.82) is 0 Å². The number of amides is 1. The Balaban J connectivity index is 1.88. The summed E-state index contributed by atoms with van der Waals surface area (Å²) in [6.45, 7) is 6.20. The van der Waals surface area contributed by atoms with E-state index in [1.54, 1.807) is 0 Å². The second-order valence-corrected chi connectivity index (χ2v) is 11.3. The molecule has 0 radical (unpaired) electrons. The van der Waals surface area contributed by atoms with Gasteiger partial charge in [0.05, 0.1) is 6.61 Å². The lowest BCUT2D eigenvalue weighted by Crippen LogP contribution is -2.44. The highest BCUT2D eigenvalue weighted by molar-refractivity contribution is 5.68. The predicted molar refractivity (Wildman–Crippen MR) is 154 cm³/mol. The number of likely N-dealkylation sites (tertiary alicyclic amines) is 1. The highest BCUT2D eigenvalue weighted by Gasteiger charge is 2.27. The van der Waals surface area contributed by atoms with Gasteiger partial charge >= 0.3 is 6.09 Å². The van der Waals surface area contributed by atoms with Crippen molar-refractivity contribution in [3.63, 3.8) is 0 Å². The highest BCUT2D eigenvalue weighted by atomic mass is 16.6. The van der Waals surface area contributed by atoms with Crippen molar-refractivity contribution in [2.75, 3.05) is 47.0 Å². The number of rotatable bonds is 24. The first-order valence-electron chi connectivity index (χ1n) is 15.8. The van der Waals surface area contributed by atoms with Gasteiger partial charge in [-0.05, 0) is 52.6 Å². The van der Waals surface area contributed by atoms with Crippen molar-refractivity contribution in [1.82, 2.24) is 9.80 Å². The van der Waals surface area contributed by atoms with Gasteiger partial charge in [0.1, 0.15) is 0 Å². The van der Waals surface area contributed by atoms with Crippen LogP contribution in [0.3, 0.4) is 0 Å².